The molecular weight excluding hydrogens is 987 g/mol. The van der Waals surface area contributed by atoms with Crippen molar-refractivity contribution < 1.29 is 48.6 Å². The van der Waals surface area contributed by atoms with Crippen LogP contribution in [0.5, 0.6) is 5.75 Å². The molecule has 412 valence electrons. The standard InChI is InChI=1S/C56H73N11O10/c1-31(2)47-56(77)63-44(53(74)67-48(32(3)68)49(59)70)17-9-8-16-42(61-50(71)40(58)27-34-19-22-35-12-4-5-13-36(35)26-34)51(72)64-45(28-33-20-23-38(69)24-21-33)54(75)65-46(29-37-30-60-41-15-7-6-14-39(37)41)55(76)62-43(52(73)66-47)18-10-11-25-57/h4-7,12-15,19-24,26,30-32,40,42-48,60,68-69H,8-11,16-18,25,27-29,57-58H2,1-3H3,(H2,59,70)(H,61,71)(H,62,76)(H,63,77)(H,64,72)(H,65,75)(H,66,73)(H,67,74)/t32?,40-,42?,43+,44?,45+,46?,47?,48+/m1/s1. The van der Waals surface area contributed by atoms with Gasteiger partial charge < -0.3 is 69.6 Å². The lowest BCUT2D eigenvalue weighted by Crippen LogP contribution is -2.61. The number of benzene rings is 4. The molecule has 0 bridgehead atoms. The maximum atomic E-state index is 14.9. The molecule has 0 spiro atoms. The molecule has 0 aliphatic carbocycles. The molecule has 0 saturated carbocycles. The van der Waals surface area contributed by atoms with E-state index in [4.69, 9.17) is 17.2 Å². The molecule has 5 unspecified atom stereocenters. The molecule has 1 saturated heterocycles. The second-order valence-electron chi connectivity index (χ2n) is 20.2. The minimum absolute atomic E-state index is 0.0450. The maximum absolute atomic E-state index is 14.9. The number of carbonyl (C=O) groups is 8. The minimum atomic E-state index is -1.53. The Kier molecular flexibility index (Phi) is 21.1. The zero-order valence-electron chi connectivity index (χ0n) is 43.7. The van der Waals surface area contributed by atoms with Crippen molar-refractivity contribution in [3.63, 3.8) is 0 Å². The topological polar surface area (TPSA) is 355 Å². The zero-order chi connectivity index (χ0) is 55.8. The Morgan fingerprint density at radius 1 is 0.701 bits per heavy atom. The molecule has 1 aliphatic rings. The van der Waals surface area contributed by atoms with E-state index in [-0.39, 0.29) is 63.7 Å². The van der Waals surface area contributed by atoms with Crippen molar-refractivity contribution in [2.24, 2.45) is 23.1 Å². The molecule has 21 heteroatoms. The van der Waals surface area contributed by atoms with Crippen molar-refractivity contribution in [3.8, 4) is 5.75 Å². The molecule has 8 amide bonds. The molecule has 16 N–H and O–H groups in total. The van der Waals surface area contributed by atoms with Crippen LogP contribution in [0, 0.1) is 5.92 Å². The number of phenolic OH excluding ortho intramolecular Hbond substituents is 1. The molecule has 9 atom stereocenters. The third-order valence-corrected chi connectivity index (χ3v) is 13.8. The number of rotatable bonds is 17. The van der Waals surface area contributed by atoms with Crippen molar-refractivity contribution in [1.29, 1.82) is 0 Å². The molecule has 4 aromatic carbocycles. The summed E-state index contributed by atoms with van der Waals surface area (Å²) >= 11 is 0. The molecule has 21 nitrogen and oxygen atoms in total. The van der Waals surface area contributed by atoms with Gasteiger partial charge in [0.1, 0.15) is 48.0 Å². The van der Waals surface area contributed by atoms with E-state index in [9.17, 15) is 48.6 Å². The number of H-pyrrole nitrogens is 1. The Bertz CT molecular complexity index is 2870. The van der Waals surface area contributed by atoms with Crippen LogP contribution in [0.4, 0.5) is 0 Å². The average Bonchev–Trinajstić information content (AvgIpc) is 3.81. The number of para-hydroxylation sites is 1. The number of primary amides is 1. The van der Waals surface area contributed by atoms with Gasteiger partial charge in [0, 0.05) is 29.9 Å². The van der Waals surface area contributed by atoms with Crippen molar-refractivity contribution in [1.82, 2.24) is 42.2 Å². The number of nitrogens with two attached hydrogens (primary N) is 3. The van der Waals surface area contributed by atoms with Crippen molar-refractivity contribution in [2.45, 2.75) is 139 Å². The largest absolute Gasteiger partial charge is 0.508 e. The van der Waals surface area contributed by atoms with Crippen LogP contribution in [-0.2, 0) is 57.6 Å². The lowest BCUT2D eigenvalue weighted by atomic mass is 9.98. The first-order valence-corrected chi connectivity index (χ1v) is 26.2. The maximum Gasteiger partial charge on any atom is 0.243 e. The highest BCUT2D eigenvalue weighted by atomic mass is 16.3. The lowest BCUT2D eigenvalue weighted by Gasteiger charge is -2.30. The monoisotopic (exact) mass is 1060 g/mol. The first-order valence-electron chi connectivity index (χ1n) is 26.2. The summed E-state index contributed by atoms with van der Waals surface area (Å²) in [6, 6.07) is 16.1. The van der Waals surface area contributed by atoms with Gasteiger partial charge in [-0.25, -0.2) is 0 Å². The van der Waals surface area contributed by atoms with Gasteiger partial charge >= 0.3 is 0 Å². The van der Waals surface area contributed by atoms with E-state index in [2.05, 4.69) is 42.2 Å². The molecule has 5 aromatic rings. The van der Waals surface area contributed by atoms with E-state index in [0.717, 1.165) is 27.2 Å². The highest BCUT2D eigenvalue weighted by molar-refractivity contribution is 5.98. The molecule has 1 aliphatic heterocycles. The number of aliphatic hydroxyl groups is 1. The average molecular weight is 1060 g/mol. The summed E-state index contributed by atoms with van der Waals surface area (Å²) in [5, 5.41) is 42.3. The number of phenols is 1. The van der Waals surface area contributed by atoms with Crippen molar-refractivity contribution in [2.75, 3.05) is 6.54 Å². The zero-order valence-corrected chi connectivity index (χ0v) is 43.7. The van der Waals surface area contributed by atoms with E-state index in [1.165, 1.54) is 19.1 Å². The fourth-order valence-electron chi connectivity index (χ4n) is 9.34. The quantitative estimate of drug-likeness (QED) is 0.0581. The predicted molar refractivity (Wildman–Crippen MR) is 290 cm³/mol. The number of aliphatic hydroxyl groups excluding tert-OH is 1. The number of amides is 8. The number of hydrogen-bond acceptors (Lipinski definition) is 12. The Morgan fingerprint density at radius 3 is 2.01 bits per heavy atom. The molecule has 6 rings (SSSR count). The molecule has 1 aromatic heterocycles. The van der Waals surface area contributed by atoms with Gasteiger partial charge in [-0.2, -0.15) is 0 Å². The smallest absolute Gasteiger partial charge is 0.243 e. The summed E-state index contributed by atoms with van der Waals surface area (Å²) in [7, 11) is 0. The van der Waals surface area contributed by atoms with Crippen LogP contribution >= 0.6 is 0 Å². The molecule has 1 fully saturated rings. The summed E-state index contributed by atoms with van der Waals surface area (Å²) < 4.78 is 0. The number of unbranched alkanes of at least 4 members (excludes halogenated alkanes) is 1. The highest BCUT2D eigenvalue weighted by Crippen LogP contribution is 2.21. The summed E-state index contributed by atoms with van der Waals surface area (Å²) in [6.45, 7) is 4.88. The predicted octanol–water partition coefficient (Wildman–Crippen LogP) is 1.00. The second kappa shape index (κ2) is 27.8. The van der Waals surface area contributed by atoms with Gasteiger partial charge in [-0.3, -0.25) is 38.4 Å². The number of aromatic hydroxyl groups is 1. The molecule has 77 heavy (non-hydrogen) atoms. The Labute approximate surface area is 447 Å². The van der Waals surface area contributed by atoms with Crippen LogP contribution < -0.4 is 54.4 Å². The summed E-state index contributed by atoms with van der Waals surface area (Å²) in [6.07, 6.45) is 1.19. The van der Waals surface area contributed by atoms with Gasteiger partial charge in [0.25, 0.3) is 0 Å². The van der Waals surface area contributed by atoms with Crippen LogP contribution in [0.25, 0.3) is 21.7 Å². The SMILES string of the molecule is CC(C)C1NC(=O)[C@H](CCCCN)NC(=O)C(Cc2c[nH]c3ccccc23)NC(=O)[C@H](Cc2ccc(O)cc2)NC(=O)C(NC(=O)[C@H](N)Cc2ccc3ccccc3c2)CCCCC(C(=O)N[C@H](C(N)=O)C(C)O)NC1=O. The number of aromatic amines is 1. The van der Waals surface area contributed by atoms with Crippen LogP contribution in [-0.4, -0.2) is 123 Å². The number of carbonyl (C=O) groups excluding carboxylic acids is 8. The fourth-order valence-corrected chi connectivity index (χ4v) is 9.34. The molecular formula is C56H73N11O10. The van der Waals surface area contributed by atoms with Crippen molar-refractivity contribution in [3.05, 3.63) is 114 Å². The second-order valence-corrected chi connectivity index (χ2v) is 20.2. The number of hydrogen-bond donors (Lipinski definition) is 13. The molecule has 0 radical (unpaired) electrons. The number of aromatic nitrogens is 1. The first kappa shape index (κ1) is 58.4. The van der Waals surface area contributed by atoms with E-state index < -0.39 is 108 Å². The van der Waals surface area contributed by atoms with Gasteiger partial charge in [-0.1, -0.05) is 99.5 Å². The number of fused-ring (bicyclic) bond motifs is 2. The van der Waals surface area contributed by atoms with Gasteiger partial charge in [0.05, 0.1) is 12.1 Å². The normalized spacial score (nSPS) is 21.6. The van der Waals surface area contributed by atoms with E-state index in [0.29, 0.717) is 24.0 Å². The van der Waals surface area contributed by atoms with E-state index in [1.54, 1.807) is 32.2 Å². The minimum Gasteiger partial charge on any atom is -0.508 e. The Morgan fingerprint density at radius 2 is 1.32 bits per heavy atom. The van der Waals surface area contributed by atoms with Crippen LogP contribution in [0.1, 0.15) is 82.4 Å². The summed E-state index contributed by atoms with van der Waals surface area (Å²) in [4.78, 5) is 117. The van der Waals surface area contributed by atoms with Crippen molar-refractivity contribution >= 4 is 68.9 Å². The summed E-state index contributed by atoms with van der Waals surface area (Å²) in [5.41, 5.74) is 20.6. The third-order valence-electron chi connectivity index (χ3n) is 13.8. The van der Waals surface area contributed by atoms with Crippen LogP contribution in [0.15, 0.2) is 97.2 Å². The third kappa shape index (κ3) is 16.6. The van der Waals surface area contributed by atoms with Crippen LogP contribution in [0.3, 0.4) is 0 Å². The Hall–Kier alpha value is -7.88. The first-order chi connectivity index (χ1) is 36.8. The van der Waals surface area contributed by atoms with Crippen LogP contribution in [0.2, 0.25) is 0 Å². The lowest BCUT2D eigenvalue weighted by molar-refractivity contribution is -0.136. The molecule has 2 heterocycles. The van der Waals surface area contributed by atoms with Gasteiger partial charge in [0.15, 0.2) is 0 Å². The van der Waals surface area contributed by atoms with Gasteiger partial charge in [-0.15, -0.1) is 0 Å². The van der Waals surface area contributed by atoms with E-state index in [1.807, 2.05) is 66.7 Å². The van der Waals surface area contributed by atoms with Gasteiger partial charge in [0.2, 0.25) is 47.3 Å². The van der Waals surface area contributed by atoms with Gasteiger partial charge in [-0.05, 0) is 104 Å². The van der Waals surface area contributed by atoms with E-state index >= 15 is 0 Å². The Balaban J connectivity index is 1.39. The summed E-state index contributed by atoms with van der Waals surface area (Å²) in [5.74, 6) is -7.07. The highest BCUT2D eigenvalue weighted by Gasteiger charge is 2.36. The number of nitrogens with one attached hydrogen (secondary N) is 8. The fraction of sp³-hybridized carbons (Fsp3) is 0.429.